The number of imide groups is 1. The van der Waals surface area contributed by atoms with E-state index in [-0.39, 0.29) is 22.0 Å². The molecule has 1 saturated heterocycles. The number of carbonyl (C=O) groups is 3. The van der Waals surface area contributed by atoms with E-state index in [1.54, 1.807) is 18.2 Å². The number of fused-ring (bicyclic) bond motifs is 2. The number of nitrogens with one attached hydrogen (secondary N) is 2. The highest BCUT2D eigenvalue weighted by atomic mass is 79.9. The van der Waals surface area contributed by atoms with E-state index < -0.39 is 52.2 Å². The number of hydrogen-bond donors (Lipinski definition) is 2. The van der Waals surface area contributed by atoms with Crippen LogP contribution in [0.3, 0.4) is 0 Å². The number of nitro groups is 1. The number of anilines is 2. The lowest BCUT2D eigenvalue weighted by Crippen LogP contribution is -2.32. The molecular weight excluding hydrogens is 667 g/mol. The van der Waals surface area contributed by atoms with Crippen molar-refractivity contribution in [3.63, 3.8) is 0 Å². The summed E-state index contributed by atoms with van der Waals surface area (Å²) in [5.41, 5.74) is 0.852. The molecule has 2 aliphatic rings. The summed E-state index contributed by atoms with van der Waals surface area (Å²) in [6.07, 6.45) is 0. The van der Waals surface area contributed by atoms with Crippen LogP contribution in [-0.2, 0) is 14.4 Å². The predicted octanol–water partition coefficient (Wildman–Crippen LogP) is 5.06. The van der Waals surface area contributed by atoms with Gasteiger partial charge >= 0.3 is 4.87 Å². The normalized spacial score (nSPS) is 19.1. The first kappa shape index (κ1) is 28.8. The Morgan fingerprint density at radius 2 is 1.79 bits per heavy atom. The van der Waals surface area contributed by atoms with Crippen LogP contribution in [0.25, 0.3) is 0 Å². The molecule has 3 aromatic carbocycles. The topological polar surface area (TPSA) is 152 Å². The van der Waals surface area contributed by atoms with E-state index in [2.05, 4.69) is 26.2 Å². The summed E-state index contributed by atoms with van der Waals surface area (Å²) in [4.78, 5) is 67.3. The first-order valence-electron chi connectivity index (χ1n) is 12.6. The maximum Gasteiger partial charge on any atom is 0.305 e. The fourth-order valence-corrected chi connectivity index (χ4v) is 7.98. The van der Waals surface area contributed by atoms with Crippen LogP contribution in [0.4, 0.5) is 21.5 Å². The number of aromatic nitrogens is 1. The van der Waals surface area contributed by atoms with Crippen molar-refractivity contribution in [2.24, 2.45) is 5.92 Å². The van der Waals surface area contributed by atoms with E-state index >= 15 is 0 Å². The number of non-ortho nitro benzene ring substituents is 1. The van der Waals surface area contributed by atoms with E-state index in [1.165, 1.54) is 48.5 Å². The molecule has 4 aromatic rings. The number of amides is 3. The molecule has 0 aliphatic carbocycles. The van der Waals surface area contributed by atoms with Gasteiger partial charge in [-0.15, -0.1) is 0 Å². The molecule has 2 N–H and O–H groups in total. The fraction of sp³-hybridized carbons (Fsp3) is 0.143. The highest BCUT2D eigenvalue weighted by Gasteiger charge is 2.57. The molecular formula is C28H18BrFN4O7S2. The first-order chi connectivity index (χ1) is 20.6. The molecule has 0 spiro atoms. The van der Waals surface area contributed by atoms with Crippen molar-refractivity contribution in [1.82, 2.24) is 4.98 Å². The molecule has 1 fully saturated rings. The summed E-state index contributed by atoms with van der Waals surface area (Å²) in [5.74, 6) is -3.50. The number of thioether (sulfide) groups is 1. The van der Waals surface area contributed by atoms with Crippen LogP contribution in [0.15, 0.2) is 81.0 Å². The van der Waals surface area contributed by atoms with Crippen LogP contribution in [0.1, 0.15) is 16.4 Å². The van der Waals surface area contributed by atoms with E-state index in [1.807, 2.05) is 0 Å². The third kappa shape index (κ3) is 5.46. The van der Waals surface area contributed by atoms with E-state index in [0.29, 0.717) is 25.6 Å². The Labute approximate surface area is 258 Å². The number of halogens is 2. The van der Waals surface area contributed by atoms with Gasteiger partial charge in [0.2, 0.25) is 11.8 Å². The number of ether oxygens (including phenoxy) is 1. The molecule has 2 aliphatic heterocycles. The van der Waals surface area contributed by atoms with Crippen LogP contribution < -0.4 is 19.8 Å². The number of nitrogens with zero attached hydrogens (tertiary/aromatic N) is 2. The minimum absolute atomic E-state index is 0.188. The van der Waals surface area contributed by atoms with Crippen molar-refractivity contribution in [1.29, 1.82) is 0 Å². The number of thiazole rings is 1. The van der Waals surface area contributed by atoms with Crippen molar-refractivity contribution in [2.75, 3.05) is 16.8 Å². The Balaban J connectivity index is 1.35. The van der Waals surface area contributed by atoms with E-state index in [4.69, 9.17) is 4.74 Å². The lowest BCUT2D eigenvalue weighted by Gasteiger charge is -2.31. The summed E-state index contributed by atoms with van der Waals surface area (Å²) in [5, 5.41) is 13.3. The highest BCUT2D eigenvalue weighted by molar-refractivity contribution is 9.10. The van der Waals surface area contributed by atoms with Gasteiger partial charge in [0, 0.05) is 38.7 Å². The second-order valence-electron chi connectivity index (χ2n) is 9.56. The van der Waals surface area contributed by atoms with Gasteiger partial charge in [0.15, 0.2) is 6.61 Å². The number of H-pyrrole nitrogens is 1. The van der Waals surface area contributed by atoms with Gasteiger partial charge in [-0.1, -0.05) is 39.0 Å². The van der Waals surface area contributed by atoms with Crippen LogP contribution >= 0.6 is 39.0 Å². The number of nitro benzene ring substituents is 1. The number of rotatable bonds is 7. The predicted molar refractivity (Wildman–Crippen MR) is 160 cm³/mol. The Kier molecular flexibility index (Phi) is 7.62. The molecule has 3 unspecified atom stereocenters. The summed E-state index contributed by atoms with van der Waals surface area (Å²) in [6.45, 7) is -0.417. The lowest BCUT2D eigenvalue weighted by atomic mass is 9.82. The molecule has 0 radical (unpaired) electrons. The van der Waals surface area contributed by atoms with Crippen molar-refractivity contribution in [3.8, 4) is 5.75 Å². The lowest BCUT2D eigenvalue weighted by molar-refractivity contribution is -0.384. The van der Waals surface area contributed by atoms with Crippen LogP contribution in [0.2, 0.25) is 0 Å². The zero-order valence-electron chi connectivity index (χ0n) is 21.6. The minimum atomic E-state index is -0.948. The smallest absolute Gasteiger partial charge is 0.305 e. The van der Waals surface area contributed by atoms with Gasteiger partial charge in [-0.25, -0.2) is 9.29 Å². The van der Waals surface area contributed by atoms with Gasteiger partial charge in [0.05, 0.1) is 21.6 Å². The van der Waals surface area contributed by atoms with E-state index in [9.17, 15) is 33.7 Å². The fourth-order valence-electron chi connectivity index (χ4n) is 5.10. The molecule has 3 atom stereocenters. The molecule has 6 rings (SSSR count). The molecule has 0 bridgehead atoms. The quantitative estimate of drug-likeness (QED) is 0.156. The van der Waals surface area contributed by atoms with Gasteiger partial charge in [-0.3, -0.25) is 29.3 Å². The standard InChI is InChI=1S/C28H18BrFN4O7S2/c29-13-1-10-19(41-12-20(35)31-15-4-2-14(30)3-5-15)18(11-13)21-22-24(42-25-23(21)43-28(38)32-25)27(37)33(26(22)36)16-6-8-17(9-7-16)34(39)40/h1-11,21-22,24H,12H2,(H,31,35)(H,32,38). The SMILES string of the molecule is O=C(COc1ccc(Br)cc1C1c2sc(=O)[nH]c2SC2C(=O)N(c3ccc([N+](=O)[O-])cc3)C(=O)C21)Nc1ccc(F)cc1. The Morgan fingerprint density at radius 1 is 1.07 bits per heavy atom. The van der Waals surface area contributed by atoms with Gasteiger partial charge < -0.3 is 15.0 Å². The highest BCUT2D eigenvalue weighted by Crippen LogP contribution is 2.54. The molecule has 3 heterocycles. The third-order valence-corrected chi connectivity index (χ3v) is 9.83. The van der Waals surface area contributed by atoms with Crippen molar-refractivity contribution >= 4 is 73.8 Å². The first-order valence-corrected chi connectivity index (χ1v) is 15.1. The molecule has 218 valence electrons. The molecule has 15 heteroatoms. The van der Waals surface area contributed by atoms with Gasteiger partial charge in [0.25, 0.3) is 11.6 Å². The molecule has 11 nitrogen and oxygen atoms in total. The number of carbonyl (C=O) groups excluding carboxylic acids is 3. The molecule has 1 aromatic heterocycles. The second kappa shape index (κ2) is 11.4. The minimum Gasteiger partial charge on any atom is -0.483 e. The number of hydrogen-bond acceptors (Lipinski definition) is 9. The number of aromatic amines is 1. The van der Waals surface area contributed by atoms with Crippen LogP contribution in [0.5, 0.6) is 5.75 Å². The summed E-state index contributed by atoms with van der Waals surface area (Å²) in [6, 6.07) is 15.4. The third-order valence-electron chi connectivity index (χ3n) is 6.94. The van der Waals surface area contributed by atoms with Crippen molar-refractivity contribution < 1.29 is 28.4 Å². The number of benzene rings is 3. The summed E-state index contributed by atoms with van der Waals surface area (Å²) < 4.78 is 19.8. The Bertz CT molecular complexity index is 1850. The summed E-state index contributed by atoms with van der Waals surface area (Å²) in [7, 11) is 0. The van der Waals surface area contributed by atoms with Gasteiger partial charge in [0.1, 0.15) is 16.8 Å². The van der Waals surface area contributed by atoms with Crippen LogP contribution in [0, 0.1) is 21.8 Å². The van der Waals surface area contributed by atoms with E-state index in [0.717, 1.165) is 28.0 Å². The maximum absolute atomic E-state index is 14.0. The van der Waals surface area contributed by atoms with Crippen molar-refractivity contribution in [2.45, 2.75) is 16.2 Å². The largest absolute Gasteiger partial charge is 0.483 e. The maximum atomic E-state index is 14.0. The average molecular weight is 686 g/mol. The van der Waals surface area contributed by atoms with Gasteiger partial charge in [-0.2, -0.15) is 0 Å². The van der Waals surface area contributed by atoms with Crippen molar-refractivity contribution in [3.05, 3.63) is 107 Å². The average Bonchev–Trinajstić information content (AvgIpc) is 3.47. The van der Waals surface area contributed by atoms with Gasteiger partial charge in [-0.05, 0) is 54.6 Å². The zero-order chi connectivity index (χ0) is 30.4. The Hall–Kier alpha value is -4.34. The molecule has 0 saturated carbocycles. The molecule has 3 amide bonds. The molecule has 43 heavy (non-hydrogen) atoms. The Morgan fingerprint density at radius 3 is 2.49 bits per heavy atom. The monoisotopic (exact) mass is 684 g/mol. The van der Waals surface area contributed by atoms with Crippen LogP contribution in [-0.4, -0.2) is 39.5 Å². The zero-order valence-corrected chi connectivity index (χ0v) is 24.8. The second-order valence-corrected chi connectivity index (χ2v) is 12.6. The summed E-state index contributed by atoms with van der Waals surface area (Å²) >= 11 is 5.46.